The van der Waals surface area contributed by atoms with Crippen molar-refractivity contribution in [2.24, 2.45) is 0 Å². The largest absolute Gasteiger partial charge is 0.317 e. The lowest BCUT2D eigenvalue weighted by Crippen LogP contribution is -2.47. The zero-order valence-electron chi connectivity index (χ0n) is 11.4. The minimum absolute atomic E-state index is 0.187. The van der Waals surface area contributed by atoms with Crippen LogP contribution in [-0.4, -0.2) is 42.4 Å². The molecule has 2 aliphatic heterocycles. The van der Waals surface area contributed by atoms with Gasteiger partial charge in [0.1, 0.15) is 0 Å². The summed E-state index contributed by atoms with van der Waals surface area (Å²) in [6.07, 6.45) is 5.98. The van der Waals surface area contributed by atoms with Crippen molar-refractivity contribution in [3.63, 3.8) is 0 Å². The molecular formula is C15H24N2O. The number of carbonyl (C=O) groups excluding carboxylic acids is 1. The van der Waals surface area contributed by atoms with Crippen LogP contribution in [0.2, 0.25) is 0 Å². The van der Waals surface area contributed by atoms with E-state index < -0.39 is 0 Å². The van der Waals surface area contributed by atoms with Gasteiger partial charge in [-0.2, -0.15) is 0 Å². The maximum absolute atomic E-state index is 12.2. The molecule has 0 aliphatic carbocycles. The summed E-state index contributed by atoms with van der Waals surface area (Å²) in [6.45, 7) is 5.15. The van der Waals surface area contributed by atoms with Crippen molar-refractivity contribution >= 4 is 5.78 Å². The second-order valence-corrected chi connectivity index (χ2v) is 5.27. The van der Waals surface area contributed by atoms with Crippen LogP contribution in [0.4, 0.5) is 0 Å². The molecule has 0 saturated carbocycles. The summed E-state index contributed by atoms with van der Waals surface area (Å²) in [5, 5.41) is 3.39. The lowest BCUT2D eigenvalue weighted by Gasteiger charge is -2.35. The van der Waals surface area contributed by atoms with E-state index in [-0.39, 0.29) is 6.04 Å². The third-order valence-electron chi connectivity index (χ3n) is 4.12. The molecule has 0 amide bonds. The zero-order chi connectivity index (χ0) is 12.8. The highest BCUT2D eigenvalue weighted by molar-refractivity contribution is 5.84. The number of rotatable bonds is 4. The smallest absolute Gasteiger partial charge is 0.150 e. The summed E-state index contributed by atoms with van der Waals surface area (Å²) in [5.74, 6) is 6.27. The lowest BCUT2D eigenvalue weighted by molar-refractivity contribution is -0.124. The zero-order valence-corrected chi connectivity index (χ0v) is 11.4. The second kappa shape index (κ2) is 6.92. The van der Waals surface area contributed by atoms with Gasteiger partial charge in [0.2, 0.25) is 0 Å². The van der Waals surface area contributed by atoms with Gasteiger partial charge in [0.15, 0.2) is 5.78 Å². The van der Waals surface area contributed by atoms with Gasteiger partial charge in [-0.3, -0.25) is 9.69 Å². The van der Waals surface area contributed by atoms with E-state index in [1.807, 2.05) is 6.92 Å². The first-order chi connectivity index (χ1) is 8.83. The maximum atomic E-state index is 12.2. The molecule has 2 aliphatic rings. The van der Waals surface area contributed by atoms with Crippen molar-refractivity contribution in [1.29, 1.82) is 0 Å². The second-order valence-electron chi connectivity index (χ2n) is 5.27. The van der Waals surface area contributed by atoms with Crippen molar-refractivity contribution in [2.45, 2.75) is 57.5 Å². The summed E-state index contributed by atoms with van der Waals surface area (Å²) < 4.78 is 0. The molecule has 0 radical (unpaired) electrons. The van der Waals surface area contributed by atoms with E-state index >= 15 is 0 Å². The molecule has 2 saturated heterocycles. The van der Waals surface area contributed by atoms with Gasteiger partial charge in [-0.05, 0) is 52.2 Å². The number of carbonyl (C=O) groups is 1. The Hall–Kier alpha value is -0.850. The van der Waals surface area contributed by atoms with Crippen LogP contribution in [0.15, 0.2) is 0 Å². The summed E-state index contributed by atoms with van der Waals surface area (Å²) in [5.41, 5.74) is 0. The fraction of sp³-hybridized carbons (Fsp3) is 0.800. The Kier molecular flexibility index (Phi) is 5.22. The van der Waals surface area contributed by atoms with Crippen LogP contribution in [0.25, 0.3) is 0 Å². The number of hydrogen-bond donors (Lipinski definition) is 1. The summed E-state index contributed by atoms with van der Waals surface area (Å²) in [6, 6.07) is 0.812. The monoisotopic (exact) mass is 248 g/mol. The number of nitrogens with one attached hydrogen (secondary N) is 1. The average Bonchev–Trinajstić information content (AvgIpc) is 2.89. The topological polar surface area (TPSA) is 32.3 Å². The van der Waals surface area contributed by atoms with Gasteiger partial charge in [0.25, 0.3) is 0 Å². The highest BCUT2D eigenvalue weighted by atomic mass is 16.1. The minimum Gasteiger partial charge on any atom is -0.317 e. The number of ketones is 1. The average molecular weight is 248 g/mol. The summed E-state index contributed by atoms with van der Waals surface area (Å²) >= 11 is 0. The first-order valence-corrected chi connectivity index (χ1v) is 7.21. The van der Waals surface area contributed by atoms with Crippen molar-refractivity contribution in [2.75, 3.05) is 19.6 Å². The van der Waals surface area contributed by atoms with Gasteiger partial charge < -0.3 is 5.32 Å². The van der Waals surface area contributed by atoms with Crippen LogP contribution < -0.4 is 5.32 Å². The maximum Gasteiger partial charge on any atom is 0.150 e. The molecule has 3 heteroatoms. The molecule has 18 heavy (non-hydrogen) atoms. The van der Waals surface area contributed by atoms with E-state index in [4.69, 9.17) is 0 Å². The quantitative estimate of drug-likeness (QED) is 0.767. The molecule has 2 rings (SSSR count). The van der Waals surface area contributed by atoms with Crippen LogP contribution in [0.5, 0.6) is 0 Å². The van der Waals surface area contributed by atoms with Crippen molar-refractivity contribution in [3.8, 4) is 11.8 Å². The van der Waals surface area contributed by atoms with Gasteiger partial charge in [-0.1, -0.05) is 0 Å². The number of hydrogen-bond acceptors (Lipinski definition) is 3. The predicted molar refractivity (Wildman–Crippen MR) is 73.3 cm³/mol. The summed E-state index contributed by atoms with van der Waals surface area (Å²) in [7, 11) is 0. The molecule has 0 aromatic carbocycles. The molecule has 100 valence electrons. The molecule has 1 atom stereocenters. The Labute approximate surface area is 110 Å². The number of nitrogens with zero attached hydrogens (tertiary/aromatic N) is 1. The molecule has 0 aromatic heterocycles. The molecule has 1 N–H and O–H groups in total. The highest BCUT2D eigenvalue weighted by Gasteiger charge is 2.34. The summed E-state index contributed by atoms with van der Waals surface area (Å²) in [4.78, 5) is 14.7. The van der Waals surface area contributed by atoms with E-state index in [1.165, 1.54) is 19.3 Å². The van der Waals surface area contributed by atoms with Gasteiger partial charge in [-0.25, -0.2) is 0 Å². The van der Waals surface area contributed by atoms with Crippen molar-refractivity contribution < 1.29 is 4.79 Å². The van der Waals surface area contributed by atoms with E-state index in [0.717, 1.165) is 32.5 Å². The Morgan fingerprint density at radius 1 is 1.33 bits per heavy atom. The van der Waals surface area contributed by atoms with Crippen LogP contribution in [0.1, 0.15) is 45.4 Å². The van der Waals surface area contributed by atoms with E-state index in [2.05, 4.69) is 22.1 Å². The number of Topliss-reactive ketones (excluding diaryl/α,β-unsaturated/α-hetero) is 1. The normalized spacial score (nSPS) is 25.7. The Morgan fingerprint density at radius 2 is 2.11 bits per heavy atom. The highest BCUT2D eigenvalue weighted by Crippen LogP contribution is 2.25. The van der Waals surface area contributed by atoms with Gasteiger partial charge >= 0.3 is 0 Å². The molecule has 0 bridgehead atoms. The molecule has 2 heterocycles. The molecule has 0 spiro atoms. The molecular weight excluding hydrogens is 224 g/mol. The third kappa shape index (κ3) is 3.34. The van der Waals surface area contributed by atoms with E-state index in [0.29, 0.717) is 18.2 Å². The SMILES string of the molecule is CC#CCCC(=O)C1CCCN1C1CCNCC1. The third-order valence-corrected chi connectivity index (χ3v) is 4.12. The van der Waals surface area contributed by atoms with Crippen molar-refractivity contribution in [1.82, 2.24) is 10.2 Å². The first kappa shape index (κ1) is 13.6. The predicted octanol–water partition coefficient (Wildman–Crippen LogP) is 1.58. The minimum atomic E-state index is 0.187. The number of likely N-dealkylation sites (tertiary alicyclic amines) is 1. The Balaban J connectivity index is 1.88. The fourth-order valence-corrected chi connectivity index (χ4v) is 3.19. The first-order valence-electron chi connectivity index (χ1n) is 7.21. The van der Waals surface area contributed by atoms with Gasteiger partial charge in [-0.15, -0.1) is 11.8 Å². The van der Waals surface area contributed by atoms with E-state index in [9.17, 15) is 4.79 Å². The Bertz CT molecular complexity index is 336. The van der Waals surface area contributed by atoms with Crippen LogP contribution in [-0.2, 0) is 4.79 Å². The molecule has 0 aromatic rings. The van der Waals surface area contributed by atoms with Crippen molar-refractivity contribution in [3.05, 3.63) is 0 Å². The fourth-order valence-electron chi connectivity index (χ4n) is 3.19. The van der Waals surface area contributed by atoms with Crippen LogP contribution in [0, 0.1) is 11.8 Å². The molecule has 2 fully saturated rings. The lowest BCUT2D eigenvalue weighted by atomic mass is 10.0. The standard InChI is InChI=1S/C15H24N2O/c1-2-3-4-7-15(18)14-6-5-12-17(14)13-8-10-16-11-9-13/h13-14,16H,4-12H2,1H3. The molecule has 1 unspecified atom stereocenters. The molecule has 3 nitrogen and oxygen atoms in total. The van der Waals surface area contributed by atoms with E-state index in [1.54, 1.807) is 0 Å². The van der Waals surface area contributed by atoms with Crippen LogP contribution in [0.3, 0.4) is 0 Å². The number of piperidine rings is 1. The Morgan fingerprint density at radius 3 is 2.83 bits per heavy atom. The van der Waals surface area contributed by atoms with Gasteiger partial charge in [0, 0.05) is 18.9 Å². The van der Waals surface area contributed by atoms with Gasteiger partial charge in [0.05, 0.1) is 6.04 Å². The van der Waals surface area contributed by atoms with Crippen LogP contribution >= 0.6 is 0 Å².